The topological polar surface area (TPSA) is 59.4 Å². The van der Waals surface area contributed by atoms with Crippen LogP contribution < -0.4 is 15.0 Å². The molecule has 162 valence electrons. The Hall–Kier alpha value is -3.58. The molecule has 0 aliphatic carbocycles. The summed E-state index contributed by atoms with van der Waals surface area (Å²) in [5.41, 5.74) is 3.86. The van der Waals surface area contributed by atoms with Gasteiger partial charge in [-0.3, -0.25) is 4.79 Å². The molecule has 4 aromatic rings. The molecule has 5 rings (SSSR count). The highest BCUT2D eigenvalue weighted by molar-refractivity contribution is 6.31. The standard InChI is InChI=1S/C24H20ClFN4O2/c1-32-22-13-18(7-8-19(22)28-24(31)15-2-5-17(26)6-3-15)29-10-11-30-21-9-4-16(25)12-20(21)27-23(30)14-29/h2-9,12-13H,10-11,14H2,1H3,(H,28,31). The van der Waals surface area contributed by atoms with E-state index >= 15 is 0 Å². The van der Waals surface area contributed by atoms with Crippen molar-refractivity contribution in [1.29, 1.82) is 0 Å². The first kappa shape index (κ1) is 20.3. The van der Waals surface area contributed by atoms with Crippen LogP contribution in [0, 0.1) is 5.82 Å². The van der Waals surface area contributed by atoms with E-state index in [4.69, 9.17) is 21.3 Å². The monoisotopic (exact) mass is 450 g/mol. The van der Waals surface area contributed by atoms with Gasteiger partial charge in [0.1, 0.15) is 17.4 Å². The highest BCUT2D eigenvalue weighted by Gasteiger charge is 2.21. The largest absolute Gasteiger partial charge is 0.494 e. The smallest absolute Gasteiger partial charge is 0.255 e. The van der Waals surface area contributed by atoms with E-state index in [1.54, 1.807) is 7.11 Å². The fraction of sp³-hybridized carbons (Fsp3) is 0.167. The number of aromatic nitrogens is 2. The zero-order valence-corrected chi connectivity index (χ0v) is 18.1. The first-order valence-electron chi connectivity index (χ1n) is 10.2. The van der Waals surface area contributed by atoms with Crippen LogP contribution in [0.3, 0.4) is 0 Å². The number of ether oxygens (including phenoxy) is 1. The van der Waals surface area contributed by atoms with Crippen LogP contribution in [0.1, 0.15) is 16.2 Å². The zero-order chi connectivity index (χ0) is 22.2. The number of anilines is 2. The van der Waals surface area contributed by atoms with Gasteiger partial charge in [0.05, 0.1) is 30.4 Å². The summed E-state index contributed by atoms with van der Waals surface area (Å²) in [5.74, 6) is 0.799. The van der Waals surface area contributed by atoms with Crippen LogP contribution in [0.4, 0.5) is 15.8 Å². The minimum Gasteiger partial charge on any atom is -0.494 e. The van der Waals surface area contributed by atoms with Gasteiger partial charge in [-0.15, -0.1) is 0 Å². The summed E-state index contributed by atoms with van der Waals surface area (Å²) < 4.78 is 20.9. The quantitative estimate of drug-likeness (QED) is 0.469. The lowest BCUT2D eigenvalue weighted by molar-refractivity contribution is 0.102. The molecule has 1 N–H and O–H groups in total. The first-order chi connectivity index (χ1) is 15.5. The molecule has 0 atom stereocenters. The Morgan fingerprint density at radius 2 is 1.91 bits per heavy atom. The van der Waals surface area contributed by atoms with E-state index in [1.165, 1.54) is 24.3 Å². The summed E-state index contributed by atoms with van der Waals surface area (Å²) in [4.78, 5) is 19.5. The number of hydrogen-bond acceptors (Lipinski definition) is 4. The van der Waals surface area contributed by atoms with Crippen LogP contribution in [0.25, 0.3) is 11.0 Å². The number of nitrogens with zero attached hydrogens (tertiary/aromatic N) is 3. The van der Waals surface area contributed by atoms with Crippen LogP contribution in [-0.4, -0.2) is 29.1 Å². The Morgan fingerprint density at radius 3 is 2.69 bits per heavy atom. The second kappa shape index (κ2) is 8.16. The molecule has 0 spiro atoms. The lowest BCUT2D eigenvalue weighted by Gasteiger charge is -2.30. The number of carbonyl (C=O) groups is 1. The van der Waals surface area contributed by atoms with E-state index < -0.39 is 0 Å². The maximum Gasteiger partial charge on any atom is 0.255 e. The highest BCUT2D eigenvalue weighted by Crippen LogP contribution is 2.32. The van der Waals surface area contributed by atoms with E-state index in [0.717, 1.165) is 35.6 Å². The molecule has 0 saturated carbocycles. The van der Waals surface area contributed by atoms with E-state index in [2.05, 4.69) is 14.8 Å². The Bertz CT molecular complexity index is 1320. The molecule has 0 unspecified atom stereocenters. The molecule has 6 nitrogen and oxygen atoms in total. The van der Waals surface area contributed by atoms with Crippen LogP contribution in [0.15, 0.2) is 60.7 Å². The molecule has 3 aromatic carbocycles. The molecule has 0 bridgehead atoms. The number of halogens is 2. The number of carbonyl (C=O) groups excluding carboxylic acids is 1. The van der Waals surface area contributed by atoms with Crippen molar-refractivity contribution < 1.29 is 13.9 Å². The maximum absolute atomic E-state index is 13.1. The molecule has 0 radical (unpaired) electrons. The van der Waals surface area contributed by atoms with Gasteiger partial charge in [-0.05, 0) is 54.6 Å². The summed E-state index contributed by atoms with van der Waals surface area (Å²) in [6, 6.07) is 16.8. The van der Waals surface area contributed by atoms with Crippen molar-refractivity contribution >= 4 is 39.9 Å². The van der Waals surface area contributed by atoms with Gasteiger partial charge in [0.2, 0.25) is 0 Å². The van der Waals surface area contributed by atoms with Crippen molar-refractivity contribution in [3.8, 4) is 5.75 Å². The first-order valence-corrected chi connectivity index (χ1v) is 10.5. The predicted molar refractivity (Wildman–Crippen MR) is 123 cm³/mol. The molecule has 1 aliphatic rings. The second-order valence-electron chi connectivity index (χ2n) is 7.58. The number of methoxy groups -OCH3 is 1. The number of benzene rings is 3. The predicted octanol–water partition coefficient (Wildman–Crippen LogP) is 5.11. The van der Waals surface area contributed by atoms with Crippen molar-refractivity contribution in [2.75, 3.05) is 23.9 Å². The van der Waals surface area contributed by atoms with Crippen LogP contribution in [0.5, 0.6) is 5.75 Å². The lowest BCUT2D eigenvalue weighted by Crippen LogP contribution is -2.33. The van der Waals surface area contributed by atoms with Crippen LogP contribution in [0.2, 0.25) is 5.02 Å². The van der Waals surface area contributed by atoms with Crippen molar-refractivity contribution in [3.05, 3.63) is 82.9 Å². The average Bonchev–Trinajstić information content (AvgIpc) is 3.16. The normalized spacial score (nSPS) is 13.2. The lowest BCUT2D eigenvalue weighted by atomic mass is 10.2. The zero-order valence-electron chi connectivity index (χ0n) is 17.3. The van der Waals surface area contributed by atoms with Gasteiger partial charge in [0.15, 0.2) is 0 Å². The number of hydrogen-bond donors (Lipinski definition) is 1. The molecule has 32 heavy (non-hydrogen) atoms. The van der Waals surface area contributed by atoms with Gasteiger partial charge in [-0.2, -0.15) is 0 Å². The van der Waals surface area contributed by atoms with Gasteiger partial charge in [0.25, 0.3) is 5.91 Å². The second-order valence-corrected chi connectivity index (χ2v) is 8.02. The van der Waals surface area contributed by atoms with Crippen molar-refractivity contribution in [3.63, 3.8) is 0 Å². The molecule has 1 amide bonds. The SMILES string of the molecule is COc1cc(N2CCn3c(nc4cc(Cl)ccc43)C2)ccc1NC(=O)c1ccc(F)cc1. The van der Waals surface area contributed by atoms with E-state index in [1.807, 2.05) is 36.4 Å². The van der Waals surface area contributed by atoms with Gasteiger partial charge in [0, 0.05) is 35.4 Å². The number of imidazole rings is 1. The molecule has 8 heteroatoms. The third kappa shape index (κ3) is 3.76. The van der Waals surface area contributed by atoms with Gasteiger partial charge in [-0.1, -0.05) is 11.6 Å². The molecular formula is C24H20ClFN4O2. The highest BCUT2D eigenvalue weighted by atomic mass is 35.5. The fourth-order valence-corrected chi connectivity index (χ4v) is 4.16. The summed E-state index contributed by atoms with van der Waals surface area (Å²) in [6.07, 6.45) is 0. The molecule has 0 saturated heterocycles. The molecule has 1 aliphatic heterocycles. The minimum absolute atomic E-state index is 0.332. The maximum atomic E-state index is 13.1. The summed E-state index contributed by atoms with van der Waals surface area (Å²) in [7, 11) is 1.56. The molecule has 2 heterocycles. The van der Waals surface area contributed by atoms with Gasteiger partial charge in [-0.25, -0.2) is 9.37 Å². The van der Waals surface area contributed by atoms with E-state index in [9.17, 15) is 9.18 Å². The van der Waals surface area contributed by atoms with Crippen molar-refractivity contribution in [2.45, 2.75) is 13.1 Å². The number of fused-ring (bicyclic) bond motifs is 3. The Balaban J connectivity index is 1.37. The fourth-order valence-electron chi connectivity index (χ4n) is 3.99. The molecular weight excluding hydrogens is 431 g/mol. The third-order valence-electron chi connectivity index (χ3n) is 5.62. The minimum atomic E-state index is -0.387. The Labute approximate surface area is 189 Å². The summed E-state index contributed by atoms with van der Waals surface area (Å²) in [6.45, 7) is 2.26. The summed E-state index contributed by atoms with van der Waals surface area (Å²) in [5, 5.41) is 3.51. The number of amides is 1. The van der Waals surface area contributed by atoms with Gasteiger partial charge < -0.3 is 19.5 Å². The molecule has 1 aromatic heterocycles. The molecule has 0 fully saturated rings. The number of rotatable bonds is 4. The van der Waals surface area contributed by atoms with Gasteiger partial charge >= 0.3 is 0 Å². The summed E-state index contributed by atoms with van der Waals surface area (Å²) >= 11 is 6.12. The van der Waals surface area contributed by atoms with E-state index in [0.29, 0.717) is 28.6 Å². The Kier molecular flexibility index (Phi) is 5.19. The van der Waals surface area contributed by atoms with Crippen LogP contribution in [-0.2, 0) is 13.1 Å². The van der Waals surface area contributed by atoms with Crippen molar-refractivity contribution in [1.82, 2.24) is 9.55 Å². The Morgan fingerprint density at radius 1 is 1.09 bits per heavy atom. The van der Waals surface area contributed by atoms with E-state index in [-0.39, 0.29) is 11.7 Å². The van der Waals surface area contributed by atoms with Crippen molar-refractivity contribution in [2.24, 2.45) is 0 Å². The van der Waals surface area contributed by atoms with Crippen LogP contribution >= 0.6 is 11.6 Å². The number of nitrogens with one attached hydrogen (secondary N) is 1. The third-order valence-corrected chi connectivity index (χ3v) is 5.86. The average molecular weight is 451 g/mol.